The van der Waals surface area contributed by atoms with Gasteiger partial charge in [-0.3, -0.25) is 4.79 Å². The summed E-state index contributed by atoms with van der Waals surface area (Å²) in [4.78, 5) is 14.1. The van der Waals surface area contributed by atoms with Gasteiger partial charge in [0.25, 0.3) is 0 Å². The third-order valence-corrected chi connectivity index (χ3v) is 2.37. The lowest BCUT2D eigenvalue weighted by atomic mass is 10.2. The molecule has 0 bridgehead atoms. The van der Waals surface area contributed by atoms with Gasteiger partial charge >= 0.3 is 0 Å². The first-order chi connectivity index (χ1) is 6.07. The molecule has 0 aliphatic heterocycles. The van der Waals surface area contributed by atoms with Gasteiger partial charge in [-0.25, -0.2) is 0 Å². The molecule has 1 aromatic rings. The molecule has 0 amide bonds. The highest BCUT2D eigenvalue weighted by molar-refractivity contribution is 7.71. The summed E-state index contributed by atoms with van der Waals surface area (Å²) in [5.41, 5.74) is 1.58. The summed E-state index contributed by atoms with van der Waals surface area (Å²) in [7, 11) is 0. The highest BCUT2D eigenvalue weighted by Gasteiger charge is 2.10. The van der Waals surface area contributed by atoms with E-state index in [1.165, 1.54) is 0 Å². The Kier molecular flexibility index (Phi) is 3.03. The van der Waals surface area contributed by atoms with E-state index in [0.29, 0.717) is 10.5 Å². The number of rotatable bonds is 3. The van der Waals surface area contributed by atoms with Gasteiger partial charge in [0.2, 0.25) is 0 Å². The Hall–Kier alpha value is -0.900. The lowest BCUT2D eigenvalue weighted by Gasteiger charge is -2.01. The molecule has 0 atom stereocenters. The third kappa shape index (κ3) is 1.88. The fraction of sp³-hybridized carbons (Fsp3) is 0.556. The van der Waals surface area contributed by atoms with E-state index in [4.69, 9.17) is 12.2 Å². The molecule has 1 heterocycles. The van der Waals surface area contributed by atoms with E-state index in [-0.39, 0.29) is 5.78 Å². The van der Waals surface area contributed by atoms with Crippen LogP contribution in [0.15, 0.2) is 0 Å². The molecule has 0 aromatic carbocycles. The number of imidazole rings is 1. The minimum absolute atomic E-state index is 0.0402. The Morgan fingerprint density at radius 3 is 2.62 bits per heavy atom. The molecule has 72 valence electrons. The van der Waals surface area contributed by atoms with Gasteiger partial charge in [-0.2, -0.15) is 0 Å². The smallest absolute Gasteiger partial charge is 0.177 e. The van der Waals surface area contributed by atoms with E-state index in [2.05, 4.69) is 11.9 Å². The fourth-order valence-electron chi connectivity index (χ4n) is 1.39. The zero-order valence-electron chi connectivity index (χ0n) is 8.18. The number of carbonyl (C=O) groups excluding carboxylic acids is 1. The molecular weight excluding hydrogens is 184 g/mol. The molecule has 4 heteroatoms. The molecule has 1 N–H and O–H groups in total. The summed E-state index contributed by atoms with van der Waals surface area (Å²) in [5.74, 6) is 0.0402. The van der Waals surface area contributed by atoms with E-state index < -0.39 is 0 Å². The van der Waals surface area contributed by atoms with Gasteiger partial charge in [0.15, 0.2) is 10.6 Å². The summed E-state index contributed by atoms with van der Waals surface area (Å²) in [5, 5.41) is 0. The van der Waals surface area contributed by atoms with Crippen LogP contribution in [0.25, 0.3) is 0 Å². The van der Waals surface area contributed by atoms with Crippen LogP contribution >= 0.6 is 12.2 Å². The number of H-pyrrole nitrogens is 1. The van der Waals surface area contributed by atoms with Crippen molar-refractivity contribution >= 4 is 18.0 Å². The van der Waals surface area contributed by atoms with E-state index in [1.807, 2.05) is 11.5 Å². The molecule has 0 saturated heterocycles. The first-order valence-corrected chi connectivity index (χ1v) is 4.79. The monoisotopic (exact) mass is 198 g/mol. The number of aromatic amines is 1. The maximum absolute atomic E-state index is 11.1. The van der Waals surface area contributed by atoms with E-state index in [1.54, 1.807) is 6.92 Å². The Labute approximate surface area is 82.8 Å². The van der Waals surface area contributed by atoms with Crippen LogP contribution < -0.4 is 0 Å². The second-order valence-electron chi connectivity index (χ2n) is 3.10. The Bertz CT molecular complexity index is 375. The number of nitrogens with one attached hydrogen (secondary N) is 1. The van der Waals surface area contributed by atoms with Crippen molar-refractivity contribution in [1.29, 1.82) is 0 Å². The predicted molar refractivity (Wildman–Crippen MR) is 54.6 cm³/mol. The third-order valence-electron chi connectivity index (χ3n) is 2.04. The van der Waals surface area contributed by atoms with Crippen molar-refractivity contribution in [2.24, 2.45) is 0 Å². The lowest BCUT2D eigenvalue weighted by molar-refractivity contribution is 0.101. The molecule has 1 aromatic heterocycles. The van der Waals surface area contributed by atoms with Crippen LogP contribution in [0.3, 0.4) is 0 Å². The van der Waals surface area contributed by atoms with Crippen LogP contribution in [0.1, 0.15) is 36.5 Å². The number of hydrogen-bond donors (Lipinski definition) is 1. The van der Waals surface area contributed by atoms with E-state index >= 15 is 0 Å². The lowest BCUT2D eigenvalue weighted by Crippen LogP contribution is -2.01. The molecule has 0 radical (unpaired) electrons. The van der Waals surface area contributed by atoms with Crippen molar-refractivity contribution in [3.05, 3.63) is 16.2 Å². The number of carbonyl (C=O) groups is 1. The highest BCUT2D eigenvalue weighted by atomic mass is 32.1. The summed E-state index contributed by atoms with van der Waals surface area (Å²) in [6.45, 7) is 6.42. The van der Waals surface area contributed by atoms with Crippen molar-refractivity contribution in [3.8, 4) is 0 Å². The van der Waals surface area contributed by atoms with Gasteiger partial charge in [0.1, 0.15) is 5.69 Å². The van der Waals surface area contributed by atoms with Crippen LogP contribution in [0.5, 0.6) is 0 Å². The maximum Gasteiger partial charge on any atom is 0.177 e. The zero-order valence-corrected chi connectivity index (χ0v) is 8.99. The predicted octanol–water partition coefficient (Wildman–Crippen LogP) is 2.47. The van der Waals surface area contributed by atoms with Crippen molar-refractivity contribution in [2.75, 3.05) is 0 Å². The molecule has 0 spiro atoms. The Morgan fingerprint density at radius 1 is 1.62 bits per heavy atom. The van der Waals surface area contributed by atoms with Crippen LogP contribution in [0.4, 0.5) is 0 Å². The van der Waals surface area contributed by atoms with Crippen molar-refractivity contribution in [2.45, 2.75) is 33.7 Å². The largest absolute Gasteiger partial charge is 0.328 e. The molecule has 0 saturated carbocycles. The van der Waals surface area contributed by atoms with E-state index in [9.17, 15) is 4.79 Å². The standard InChI is InChI=1S/C9H14N2OS/c1-4-5-11-6(2)8(7(3)12)10-9(11)13/h4-5H2,1-3H3,(H,10,13). The Balaban J connectivity index is 3.22. The second kappa shape index (κ2) is 3.87. The molecule has 3 nitrogen and oxygen atoms in total. The molecule has 0 unspecified atom stereocenters. The normalized spacial score (nSPS) is 10.4. The number of hydrogen-bond acceptors (Lipinski definition) is 2. The van der Waals surface area contributed by atoms with Crippen LogP contribution in [-0.4, -0.2) is 15.3 Å². The maximum atomic E-state index is 11.1. The average Bonchev–Trinajstić information content (AvgIpc) is 2.32. The van der Waals surface area contributed by atoms with Gasteiger partial charge in [-0.05, 0) is 25.6 Å². The van der Waals surface area contributed by atoms with Gasteiger partial charge in [-0.1, -0.05) is 6.92 Å². The van der Waals surface area contributed by atoms with Gasteiger partial charge in [0.05, 0.1) is 0 Å². The van der Waals surface area contributed by atoms with Crippen LogP contribution in [-0.2, 0) is 6.54 Å². The summed E-state index contributed by atoms with van der Waals surface area (Å²) in [6.07, 6.45) is 1.02. The minimum Gasteiger partial charge on any atom is -0.328 e. The fourth-order valence-corrected chi connectivity index (χ4v) is 1.72. The van der Waals surface area contributed by atoms with Gasteiger partial charge in [0, 0.05) is 19.2 Å². The minimum atomic E-state index is 0.0402. The second-order valence-corrected chi connectivity index (χ2v) is 3.49. The quantitative estimate of drug-likeness (QED) is 0.598. The molecule has 0 aliphatic carbocycles. The Morgan fingerprint density at radius 2 is 2.23 bits per heavy atom. The zero-order chi connectivity index (χ0) is 10.0. The van der Waals surface area contributed by atoms with Gasteiger partial charge < -0.3 is 9.55 Å². The molecular formula is C9H14N2OS. The van der Waals surface area contributed by atoms with Crippen molar-refractivity contribution in [1.82, 2.24) is 9.55 Å². The molecule has 13 heavy (non-hydrogen) atoms. The van der Waals surface area contributed by atoms with E-state index in [0.717, 1.165) is 18.7 Å². The van der Waals surface area contributed by atoms with Crippen molar-refractivity contribution in [3.63, 3.8) is 0 Å². The molecule has 0 fully saturated rings. The average molecular weight is 198 g/mol. The summed E-state index contributed by atoms with van der Waals surface area (Å²) < 4.78 is 2.61. The number of Topliss-reactive ketones (excluding diaryl/α,β-unsaturated/α-hetero) is 1. The topological polar surface area (TPSA) is 37.8 Å². The summed E-state index contributed by atoms with van der Waals surface area (Å²) >= 11 is 5.10. The first-order valence-electron chi connectivity index (χ1n) is 4.38. The SMILES string of the molecule is CCCn1c(C)c(C(C)=O)[nH]c1=S. The number of aromatic nitrogens is 2. The molecule has 0 aliphatic rings. The molecule has 1 rings (SSSR count). The first kappa shape index (κ1) is 10.2. The van der Waals surface area contributed by atoms with Crippen molar-refractivity contribution < 1.29 is 4.79 Å². The van der Waals surface area contributed by atoms with Gasteiger partial charge in [-0.15, -0.1) is 0 Å². The van der Waals surface area contributed by atoms with Crippen LogP contribution in [0, 0.1) is 11.7 Å². The highest BCUT2D eigenvalue weighted by Crippen LogP contribution is 2.09. The van der Waals surface area contributed by atoms with Crippen LogP contribution in [0.2, 0.25) is 0 Å². The number of nitrogens with zero attached hydrogens (tertiary/aromatic N) is 1. The summed E-state index contributed by atoms with van der Waals surface area (Å²) in [6, 6.07) is 0. The number of ketones is 1.